The zero-order valence-corrected chi connectivity index (χ0v) is 11.3. The molecule has 5 nitrogen and oxygen atoms in total. The average molecular weight is 266 g/mol. The van der Waals surface area contributed by atoms with E-state index in [0.717, 1.165) is 0 Å². The third kappa shape index (κ3) is 1.92. The van der Waals surface area contributed by atoms with Crippen LogP contribution in [0.3, 0.4) is 0 Å². The van der Waals surface area contributed by atoms with Crippen molar-refractivity contribution >= 4 is 27.5 Å². The molecule has 0 spiro atoms. The Morgan fingerprint density at radius 2 is 2.22 bits per heavy atom. The molecule has 0 saturated heterocycles. The summed E-state index contributed by atoms with van der Waals surface area (Å²) in [7, 11) is 0. The van der Waals surface area contributed by atoms with Gasteiger partial charge in [0.15, 0.2) is 0 Å². The fourth-order valence-corrected chi connectivity index (χ4v) is 2.81. The van der Waals surface area contributed by atoms with Gasteiger partial charge in [0.05, 0.1) is 18.3 Å². The molecule has 0 aromatic carbocycles. The monoisotopic (exact) mass is 266 g/mol. The van der Waals surface area contributed by atoms with Crippen LogP contribution in [-0.2, 0) is 11.3 Å². The van der Waals surface area contributed by atoms with Crippen LogP contribution in [0, 0.1) is 6.92 Å². The van der Waals surface area contributed by atoms with Crippen molar-refractivity contribution in [3.8, 4) is 0 Å². The number of hydrogen-bond acceptors (Lipinski definition) is 5. The molecule has 0 fully saturated rings. The summed E-state index contributed by atoms with van der Waals surface area (Å²) < 4.78 is 6.49. The Morgan fingerprint density at radius 1 is 1.50 bits per heavy atom. The maximum atomic E-state index is 12.2. The molecule has 0 atom stereocenters. The molecule has 2 heterocycles. The van der Waals surface area contributed by atoms with Crippen molar-refractivity contribution in [2.24, 2.45) is 0 Å². The van der Waals surface area contributed by atoms with E-state index in [4.69, 9.17) is 4.74 Å². The number of hydrogen-bond donors (Lipinski definition) is 0. The van der Waals surface area contributed by atoms with Gasteiger partial charge in [-0.3, -0.25) is 9.36 Å². The first-order valence-electron chi connectivity index (χ1n) is 5.75. The van der Waals surface area contributed by atoms with Crippen LogP contribution in [-0.4, -0.2) is 22.1 Å². The molecule has 0 saturated carbocycles. The van der Waals surface area contributed by atoms with Gasteiger partial charge in [0.25, 0.3) is 5.56 Å². The molecule has 2 aromatic heterocycles. The fraction of sp³-hybridized carbons (Fsp3) is 0.417. The number of aryl methyl sites for hydroxylation is 2. The maximum absolute atomic E-state index is 12.2. The topological polar surface area (TPSA) is 61.2 Å². The van der Waals surface area contributed by atoms with E-state index in [-0.39, 0.29) is 11.5 Å². The SMILES string of the molecule is CCOC(=O)c1sc2ncn(CC)c(=O)c2c1C. The lowest BCUT2D eigenvalue weighted by molar-refractivity contribution is 0.0531. The van der Waals surface area contributed by atoms with Gasteiger partial charge in [0.1, 0.15) is 9.71 Å². The van der Waals surface area contributed by atoms with Crippen LogP contribution < -0.4 is 5.56 Å². The minimum atomic E-state index is -0.388. The number of carbonyl (C=O) groups is 1. The van der Waals surface area contributed by atoms with E-state index >= 15 is 0 Å². The molecular weight excluding hydrogens is 252 g/mol. The summed E-state index contributed by atoms with van der Waals surface area (Å²) >= 11 is 1.21. The predicted molar refractivity (Wildman–Crippen MR) is 70.2 cm³/mol. The van der Waals surface area contributed by atoms with E-state index < -0.39 is 0 Å². The van der Waals surface area contributed by atoms with Gasteiger partial charge in [-0.25, -0.2) is 9.78 Å². The van der Waals surface area contributed by atoms with E-state index in [2.05, 4.69) is 4.98 Å². The van der Waals surface area contributed by atoms with Crippen LogP contribution in [0.4, 0.5) is 0 Å². The molecule has 0 unspecified atom stereocenters. The molecule has 0 N–H and O–H groups in total. The third-order valence-corrected chi connectivity index (χ3v) is 3.90. The normalized spacial score (nSPS) is 10.8. The summed E-state index contributed by atoms with van der Waals surface area (Å²) in [4.78, 5) is 29.2. The highest BCUT2D eigenvalue weighted by Crippen LogP contribution is 2.27. The van der Waals surface area contributed by atoms with Crippen molar-refractivity contribution in [3.05, 3.63) is 27.1 Å². The van der Waals surface area contributed by atoms with Crippen molar-refractivity contribution in [2.45, 2.75) is 27.3 Å². The quantitative estimate of drug-likeness (QED) is 0.797. The van der Waals surface area contributed by atoms with Gasteiger partial charge in [-0.1, -0.05) is 0 Å². The van der Waals surface area contributed by atoms with Crippen molar-refractivity contribution in [1.82, 2.24) is 9.55 Å². The van der Waals surface area contributed by atoms with Crippen molar-refractivity contribution in [3.63, 3.8) is 0 Å². The Kier molecular flexibility index (Phi) is 3.47. The highest BCUT2D eigenvalue weighted by molar-refractivity contribution is 7.20. The number of aromatic nitrogens is 2. The number of thiophene rings is 1. The molecule has 6 heteroatoms. The molecule has 0 aliphatic heterocycles. The highest BCUT2D eigenvalue weighted by atomic mass is 32.1. The molecule has 96 valence electrons. The van der Waals surface area contributed by atoms with Gasteiger partial charge in [0, 0.05) is 6.54 Å². The second-order valence-corrected chi connectivity index (χ2v) is 4.79. The van der Waals surface area contributed by atoms with Crippen LogP contribution in [0.1, 0.15) is 29.1 Å². The lowest BCUT2D eigenvalue weighted by Crippen LogP contribution is -2.19. The zero-order valence-electron chi connectivity index (χ0n) is 10.5. The van der Waals surface area contributed by atoms with Gasteiger partial charge in [-0.05, 0) is 26.3 Å². The summed E-state index contributed by atoms with van der Waals surface area (Å²) in [6.45, 7) is 6.27. The minimum absolute atomic E-state index is 0.105. The Balaban J connectivity index is 2.67. The average Bonchev–Trinajstić information content (AvgIpc) is 2.68. The lowest BCUT2D eigenvalue weighted by Gasteiger charge is -2.00. The summed E-state index contributed by atoms with van der Waals surface area (Å²) in [5.41, 5.74) is 0.556. The predicted octanol–water partition coefficient (Wildman–Crippen LogP) is 1.96. The number of fused-ring (bicyclic) bond motifs is 1. The minimum Gasteiger partial charge on any atom is -0.462 e. The second-order valence-electron chi connectivity index (χ2n) is 3.79. The Bertz CT molecular complexity index is 657. The van der Waals surface area contributed by atoms with Crippen LogP contribution in [0.5, 0.6) is 0 Å². The smallest absolute Gasteiger partial charge is 0.348 e. The second kappa shape index (κ2) is 4.89. The van der Waals surface area contributed by atoms with Crippen molar-refractivity contribution < 1.29 is 9.53 Å². The van der Waals surface area contributed by atoms with Crippen LogP contribution >= 0.6 is 11.3 Å². The van der Waals surface area contributed by atoms with Gasteiger partial charge < -0.3 is 4.74 Å². The Morgan fingerprint density at radius 3 is 2.83 bits per heavy atom. The van der Waals surface area contributed by atoms with Gasteiger partial charge in [-0.15, -0.1) is 11.3 Å². The molecular formula is C12H14N2O3S. The van der Waals surface area contributed by atoms with E-state index in [9.17, 15) is 9.59 Å². The summed E-state index contributed by atoms with van der Waals surface area (Å²) in [5, 5.41) is 0.521. The van der Waals surface area contributed by atoms with E-state index in [0.29, 0.717) is 33.8 Å². The van der Waals surface area contributed by atoms with Gasteiger partial charge in [-0.2, -0.15) is 0 Å². The fourth-order valence-electron chi connectivity index (χ4n) is 1.78. The first-order chi connectivity index (χ1) is 8.60. The molecule has 0 aliphatic rings. The first kappa shape index (κ1) is 12.8. The standard InChI is InChI=1S/C12H14N2O3S/c1-4-14-6-13-10-8(11(14)15)7(3)9(18-10)12(16)17-5-2/h6H,4-5H2,1-3H3. The van der Waals surface area contributed by atoms with E-state index in [1.54, 1.807) is 13.8 Å². The van der Waals surface area contributed by atoms with E-state index in [1.165, 1.54) is 22.2 Å². The van der Waals surface area contributed by atoms with E-state index in [1.807, 2.05) is 6.92 Å². The Labute approximate surface area is 108 Å². The summed E-state index contributed by atoms with van der Waals surface area (Å²) in [6.07, 6.45) is 1.51. The summed E-state index contributed by atoms with van der Waals surface area (Å²) in [6, 6.07) is 0. The zero-order chi connectivity index (χ0) is 13.3. The lowest BCUT2D eigenvalue weighted by atomic mass is 10.2. The molecule has 18 heavy (non-hydrogen) atoms. The van der Waals surface area contributed by atoms with Crippen LogP contribution in [0.2, 0.25) is 0 Å². The Hall–Kier alpha value is -1.69. The molecule has 0 bridgehead atoms. The number of ether oxygens (including phenoxy) is 1. The molecule has 0 aliphatic carbocycles. The first-order valence-corrected chi connectivity index (χ1v) is 6.57. The number of rotatable bonds is 3. The van der Waals surface area contributed by atoms with Gasteiger partial charge >= 0.3 is 5.97 Å². The molecule has 2 rings (SSSR count). The summed E-state index contributed by atoms with van der Waals surface area (Å²) in [5.74, 6) is -0.388. The molecule has 2 aromatic rings. The number of nitrogens with zero attached hydrogens (tertiary/aromatic N) is 2. The van der Waals surface area contributed by atoms with Crippen molar-refractivity contribution in [1.29, 1.82) is 0 Å². The number of carbonyl (C=O) groups excluding carboxylic acids is 1. The van der Waals surface area contributed by atoms with Crippen LogP contribution in [0.15, 0.2) is 11.1 Å². The molecule has 0 radical (unpaired) electrons. The van der Waals surface area contributed by atoms with Gasteiger partial charge in [0.2, 0.25) is 0 Å². The van der Waals surface area contributed by atoms with Crippen molar-refractivity contribution in [2.75, 3.05) is 6.61 Å². The molecule has 0 amide bonds. The highest BCUT2D eigenvalue weighted by Gasteiger charge is 2.19. The number of esters is 1. The maximum Gasteiger partial charge on any atom is 0.348 e. The largest absolute Gasteiger partial charge is 0.462 e. The van der Waals surface area contributed by atoms with Crippen LogP contribution in [0.25, 0.3) is 10.2 Å². The third-order valence-electron chi connectivity index (χ3n) is 2.72.